The van der Waals surface area contributed by atoms with Gasteiger partial charge < -0.3 is 15.8 Å². The summed E-state index contributed by atoms with van der Waals surface area (Å²) in [5.74, 6) is -0.193. The van der Waals surface area contributed by atoms with Gasteiger partial charge in [-0.1, -0.05) is 29.8 Å². The Labute approximate surface area is 124 Å². The summed E-state index contributed by atoms with van der Waals surface area (Å²) in [7, 11) is 1.66. The quantitative estimate of drug-likeness (QED) is 0.829. The van der Waals surface area contributed by atoms with Gasteiger partial charge in [0.05, 0.1) is 12.2 Å². The third-order valence-electron chi connectivity index (χ3n) is 3.29. The SMILES string of the molecule is COCCc1ccccc1NC(=O)c1cc(C)ccc1N. The van der Waals surface area contributed by atoms with Gasteiger partial charge >= 0.3 is 0 Å². The molecule has 0 heterocycles. The molecule has 21 heavy (non-hydrogen) atoms. The lowest BCUT2D eigenvalue weighted by atomic mass is 10.1. The van der Waals surface area contributed by atoms with Crippen molar-refractivity contribution in [3.8, 4) is 0 Å². The van der Waals surface area contributed by atoms with E-state index in [0.717, 1.165) is 23.2 Å². The van der Waals surface area contributed by atoms with E-state index < -0.39 is 0 Å². The number of aryl methyl sites for hydroxylation is 1. The minimum atomic E-state index is -0.193. The average molecular weight is 284 g/mol. The van der Waals surface area contributed by atoms with Crippen LogP contribution in [0.1, 0.15) is 21.5 Å². The van der Waals surface area contributed by atoms with Crippen molar-refractivity contribution in [2.75, 3.05) is 24.8 Å². The zero-order valence-corrected chi connectivity index (χ0v) is 12.3. The molecule has 0 saturated heterocycles. The first-order chi connectivity index (χ1) is 10.1. The Morgan fingerprint density at radius 2 is 2.00 bits per heavy atom. The molecule has 0 spiro atoms. The number of anilines is 2. The van der Waals surface area contributed by atoms with E-state index in [1.165, 1.54) is 0 Å². The topological polar surface area (TPSA) is 64.3 Å². The van der Waals surface area contributed by atoms with Crippen molar-refractivity contribution < 1.29 is 9.53 Å². The van der Waals surface area contributed by atoms with Crippen molar-refractivity contribution in [2.45, 2.75) is 13.3 Å². The van der Waals surface area contributed by atoms with Gasteiger partial charge in [-0.2, -0.15) is 0 Å². The van der Waals surface area contributed by atoms with Crippen LogP contribution < -0.4 is 11.1 Å². The summed E-state index contributed by atoms with van der Waals surface area (Å²) in [5, 5.41) is 2.93. The molecule has 0 radical (unpaired) electrons. The first kappa shape index (κ1) is 15.1. The van der Waals surface area contributed by atoms with Gasteiger partial charge in [0.1, 0.15) is 0 Å². The van der Waals surface area contributed by atoms with E-state index in [1.54, 1.807) is 19.2 Å². The summed E-state index contributed by atoms with van der Waals surface area (Å²) in [6.07, 6.45) is 0.746. The first-order valence-electron chi connectivity index (χ1n) is 6.86. The van der Waals surface area contributed by atoms with Crippen molar-refractivity contribution in [1.82, 2.24) is 0 Å². The van der Waals surface area contributed by atoms with Crippen molar-refractivity contribution in [3.63, 3.8) is 0 Å². The Kier molecular flexibility index (Phi) is 4.95. The van der Waals surface area contributed by atoms with Crippen LogP contribution in [0.2, 0.25) is 0 Å². The van der Waals surface area contributed by atoms with E-state index in [4.69, 9.17) is 10.5 Å². The zero-order chi connectivity index (χ0) is 15.2. The fourth-order valence-electron chi connectivity index (χ4n) is 2.13. The molecule has 110 valence electrons. The number of methoxy groups -OCH3 is 1. The fourth-order valence-corrected chi connectivity index (χ4v) is 2.13. The predicted octanol–water partition coefficient (Wildman–Crippen LogP) is 3.02. The molecular weight excluding hydrogens is 264 g/mol. The summed E-state index contributed by atoms with van der Waals surface area (Å²) in [6.45, 7) is 2.54. The fraction of sp³-hybridized carbons (Fsp3) is 0.235. The number of carbonyl (C=O) groups is 1. The number of hydrogen-bond donors (Lipinski definition) is 2. The molecule has 2 aromatic carbocycles. The average Bonchev–Trinajstić information content (AvgIpc) is 2.48. The second-order valence-electron chi connectivity index (χ2n) is 4.94. The third-order valence-corrected chi connectivity index (χ3v) is 3.29. The number of carbonyl (C=O) groups excluding carboxylic acids is 1. The normalized spacial score (nSPS) is 10.4. The number of nitrogen functional groups attached to an aromatic ring is 1. The van der Waals surface area contributed by atoms with Crippen LogP contribution in [0.4, 0.5) is 11.4 Å². The highest BCUT2D eigenvalue weighted by atomic mass is 16.5. The molecule has 0 saturated carbocycles. The van der Waals surface area contributed by atoms with Gasteiger partial charge in [-0.05, 0) is 37.1 Å². The van der Waals surface area contributed by atoms with E-state index in [1.807, 2.05) is 37.3 Å². The summed E-state index contributed by atoms with van der Waals surface area (Å²) >= 11 is 0. The summed E-state index contributed by atoms with van der Waals surface area (Å²) < 4.78 is 5.09. The van der Waals surface area contributed by atoms with Crippen LogP contribution in [0.3, 0.4) is 0 Å². The Morgan fingerprint density at radius 1 is 1.24 bits per heavy atom. The molecule has 0 unspecified atom stereocenters. The number of hydrogen-bond acceptors (Lipinski definition) is 3. The van der Waals surface area contributed by atoms with Crippen LogP contribution in [-0.4, -0.2) is 19.6 Å². The van der Waals surface area contributed by atoms with Crippen LogP contribution in [0.25, 0.3) is 0 Å². The van der Waals surface area contributed by atoms with Gasteiger partial charge in [0.2, 0.25) is 0 Å². The molecule has 0 fully saturated rings. The predicted molar refractivity (Wildman–Crippen MR) is 85.6 cm³/mol. The van der Waals surface area contributed by atoms with E-state index in [9.17, 15) is 4.79 Å². The van der Waals surface area contributed by atoms with Crippen LogP contribution in [0.5, 0.6) is 0 Å². The minimum absolute atomic E-state index is 0.193. The van der Waals surface area contributed by atoms with E-state index in [2.05, 4.69) is 5.32 Å². The monoisotopic (exact) mass is 284 g/mol. The Hall–Kier alpha value is -2.33. The maximum Gasteiger partial charge on any atom is 0.257 e. The second-order valence-corrected chi connectivity index (χ2v) is 4.94. The third kappa shape index (κ3) is 3.83. The number of benzene rings is 2. The molecule has 0 atom stereocenters. The standard InChI is InChI=1S/C17H20N2O2/c1-12-7-8-15(18)14(11-12)17(20)19-16-6-4-3-5-13(16)9-10-21-2/h3-8,11H,9-10,18H2,1-2H3,(H,19,20). The summed E-state index contributed by atoms with van der Waals surface area (Å²) in [5.41, 5.74) is 9.69. The lowest BCUT2D eigenvalue weighted by molar-refractivity contribution is 0.102. The van der Waals surface area contributed by atoms with E-state index >= 15 is 0 Å². The van der Waals surface area contributed by atoms with Crippen molar-refractivity contribution in [3.05, 3.63) is 59.2 Å². The number of ether oxygens (including phenoxy) is 1. The lowest BCUT2D eigenvalue weighted by Gasteiger charge is -2.12. The summed E-state index contributed by atoms with van der Waals surface area (Å²) in [6, 6.07) is 13.1. The highest BCUT2D eigenvalue weighted by molar-refractivity contribution is 6.08. The van der Waals surface area contributed by atoms with E-state index in [0.29, 0.717) is 17.9 Å². The van der Waals surface area contributed by atoms with E-state index in [-0.39, 0.29) is 5.91 Å². The molecule has 3 N–H and O–H groups in total. The van der Waals surface area contributed by atoms with Gasteiger partial charge in [-0.15, -0.1) is 0 Å². The van der Waals surface area contributed by atoms with Gasteiger partial charge in [0.15, 0.2) is 0 Å². The van der Waals surface area contributed by atoms with Crippen LogP contribution in [-0.2, 0) is 11.2 Å². The molecule has 2 rings (SSSR count). The minimum Gasteiger partial charge on any atom is -0.398 e. The van der Waals surface area contributed by atoms with Gasteiger partial charge in [-0.25, -0.2) is 0 Å². The molecule has 0 bridgehead atoms. The molecular formula is C17H20N2O2. The van der Waals surface area contributed by atoms with Crippen molar-refractivity contribution >= 4 is 17.3 Å². The Balaban J connectivity index is 2.21. The first-order valence-corrected chi connectivity index (χ1v) is 6.86. The second kappa shape index (κ2) is 6.90. The molecule has 0 aliphatic rings. The van der Waals surface area contributed by atoms with Crippen molar-refractivity contribution in [1.29, 1.82) is 0 Å². The molecule has 4 nitrogen and oxygen atoms in total. The van der Waals surface area contributed by atoms with Gasteiger partial charge in [-0.3, -0.25) is 4.79 Å². The molecule has 2 aromatic rings. The van der Waals surface area contributed by atoms with Crippen LogP contribution in [0.15, 0.2) is 42.5 Å². The Morgan fingerprint density at radius 3 is 2.76 bits per heavy atom. The maximum absolute atomic E-state index is 12.4. The number of rotatable bonds is 5. The molecule has 0 aliphatic heterocycles. The van der Waals surface area contributed by atoms with Crippen LogP contribution in [0, 0.1) is 6.92 Å². The smallest absolute Gasteiger partial charge is 0.257 e. The number of nitrogens with one attached hydrogen (secondary N) is 1. The number of para-hydroxylation sites is 1. The molecule has 0 aromatic heterocycles. The lowest BCUT2D eigenvalue weighted by Crippen LogP contribution is -2.15. The largest absolute Gasteiger partial charge is 0.398 e. The molecule has 1 amide bonds. The maximum atomic E-state index is 12.4. The highest BCUT2D eigenvalue weighted by Gasteiger charge is 2.12. The zero-order valence-electron chi connectivity index (χ0n) is 12.3. The van der Waals surface area contributed by atoms with Crippen molar-refractivity contribution in [2.24, 2.45) is 0 Å². The number of amides is 1. The highest BCUT2D eigenvalue weighted by Crippen LogP contribution is 2.19. The Bertz CT molecular complexity index is 638. The molecule has 4 heteroatoms. The van der Waals surface area contributed by atoms with Gasteiger partial charge in [0.25, 0.3) is 5.91 Å². The number of nitrogens with two attached hydrogens (primary N) is 1. The summed E-state index contributed by atoms with van der Waals surface area (Å²) in [4.78, 5) is 12.4. The molecule has 0 aliphatic carbocycles. The van der Waals surface area contributed by atoms with Gasteiger partial charge in [0, 0.05) is 18.5 Å². The van der Waals surface area contributed by atoms with Crippen LogP contribution >= 0.6 is 0 Å².